The van der Waals surface area contributed by atoms with Crippen molar-refractivity contribution in [1.29, 1.82) is 0 Å². The molecule has 2 aromatic rings. The van der Waals surface area contributed by atoms with Crippen LogP contribution in [-0.4, -0.2) is 48.6 Å². The second kappa shape index (κ2) is 7.62. The Kier molecular flexibility index (Phi) is 5.30. The van der Waals surface area contributed by atoms with Crippen molar-refractivity contribution >= 4 is 17.5 Å². The van der Waals surface area contributed by atoms with Crippen LogP contribution in [0, 0.1) is 6.92 Å². The quantitative estimate of drug-likeness (QED) is 0.883. The highest BCUT2D eigenvalue weighted by Gasteiger charge is 2.11. The highest BCUT2D eigenvalue weighted by molar-refractivity contribution is 5.56. The lowest BCUT2D eigenvalue weighted by molar-refractivity contribution is 0.343. The molecule has 0 saturated carbocycles. The zero-order valence-electron chi connectivity index (χ0n) is 14.9. The van der Waals surface area contributed by atoms with E-state index in [0.29, 0.717) is 5.95 Å². The predicted molar refractivity (Wildman–Crippen MR) is 100 cm³/mol. The highest BCUT2D eigenvalue weighted by Crippen LogP contribution is 2.19. The van der Waals surface area contributed by atoms with Gasteiger partial charge in [0.2, 0.25) is 5.95 Å². The number of hydrogen-bond donors (Lipinski definition) is 1. The lowest BCUT2D eigenvalue weighted by atomic mass is 10.1. The fraction of sp³-hybridized carbons (Fsp3) is 0.474. The molecule has 128 valence electrons. The van der Waals surface area contributed by atoms with Crippen LogP contribution in [0.15, 0.2) is 30.5 Å². The Labute approximate surface area is 144 Å². The molecule has 0 atom stereocenters. The van der Waals surface area contributed by atoms with Crippen LogP contribution in [0.25, 0.3) is 0 Å². The Balaban J connectivity index is 1.60. The number of nitrogens with one attached hydrogen (secondary N) is 1. The molecule has 3 rings (SSSR count). The van der Waals surface area contributed by atoms with E-state index >= 15 is 0 Å². The molecule has 1 fully saturated rings. The highest BCUT2D eigenvalue weighted by atomic mass is 15.2. The van der Waals surface area contributed by atoms with Crippen molar-refractivity contribution in [1.82, 2.24) is 14.9 Å². The molecular formula is C19H27N5. The van der Waals surface area contributed by atoms with Crippen molar-refractivity contribution < 1.29 is 0 Å². The molecule has 1 saturated heterocycles. The summed E-state index contributed by atoms with van der Waals surface area (Å²) in [4.78, 5) is 13.5. The smallest absolute Gasteiger partial charge is 0.229 e. The Hall–Kier alpha value is -2.14. The lowest BCUT2D eigenvalue weighted by Gasteiger charge is -2.16. The van der Waals surface area contributed by atoms with Crippen molar-refractivity contribution in [3.05, 3.63) is 41.6 Å². The van der Waals surface area contributed by atoms with Gasteiger partial charge in [0, 0.05) is 38.1 Å². The SMILES string of the molecule is Cc1cnc(Nc2ccc(CCN3CCCC3)cc2)nc1N(C)C. The zero-order valence-corrected chi connectivity index (χ0v) is 14.9. The molecule has 1 N–H and O–H groups in total. The summed E-state index contributed by atoms with van der Waals surface area (Å²) < 4.78 is 0. The summed E-state index contributed by atoms with van der Waals surface area (Å²) in [5, 5.41) is 3.29. The van der Waals surface area contributed by atoms with Crippen LogP contribution in [-0.2, 0) is 6.42 Å². The van der Waals surface area contributed by atoms with Gasteiger partial charge in [0.25, 0.3) is 0 Å². The van der Waals surface area contributed by atoms with E-state index in [1.807, 2.05) is 32.1 Å². The third-order valence-electron chi connectivity index (χ3n) is 4.49. The number of aryl methyl sites for hydroxylation is 1. The van der Waals surface area contributed by atoms with Gasteiger partial charge in [-0.2, -0.15) is 4.98 Å². The number of rotatable bonds is 6. The van der Waals surface area contributed by atoms with Gasteiger partial charge in [-0.05, 0) is 57.0 Å². The van der Waals surface area contributed by atoms with E-state index in [4.69, 9.17) is 0 Å². The molecule has 0 radical (unpaired) electrons. The second-order valence-corrected chi connectivity index (χ2v) is 6.72. The molecule has 0 aliphatic carbocycles. The molecule has 5 heteroatoms. The van der Waals surface area contributed by atoms with Crippen molar-refractivity contribution in [2.45, 2.75) is 26.2 Å². The third-order valence-corrected chi connectivity index (χ3v) is 4.49. The van der Waals surface area contributed by atoms with Crippen molar-refractivity contribution in [2.24, 2.45) is 0 Å². The first kappa shape index (κ1) is 16.7. The monoisotopic (exact) mass is 325 g/mol. The van der Waals surface area contributed by atoms with Crippen LogP contribution in [0.3, 0.4) is 0 Å². The first-order chi connectivity index (χ1) is 11.6. The first-order valence-corrected chi connectivity index (χ1v) is 8.71. The molecule has 0 bridgehead atoms. The van der Waals surface area contributed by atoms with E-state index in [1.54, 1.807) is 0 Å². The summed E-state index contributed by atoms with van der Waals surface area (Å²) >= 11 is 0. The van der Waals surface area contributed by atoms with Crippen molar-refractivity contribution in [2.75, 3.05) is 43.9 Å². The lowest BCUT2D eigenvalue weighted by Crippen LogP contribution is -2.21. The molecule has 1 aromatic carbocycles. The number of nitrogens with zero attached hydrogens (tertiary/aromatic N) is 4. The Morgan fingerprint density at radius 2 is 1.83 bits per heavy atom. The average molecular weight is 325 g/mol. The molecule has 0 amide bonds. The average Bonchev–Trinajstić information content (AvgIpc) is 3.09. The molecule has 24 heavy (non-hydrogen) atoms. The molecule has 0 unspecified atom stereocenters. The van der Waals surface area contributed by atoms with Gasteiger partial charge < -0.3 is 15.1 Å². The first-order valence-electron chi connectivity index (χ1n) is 8.71. The van der Waals surface area contributed by atoms with Crippen molar-refractivity contribution in [3.63, 3.8) is 0 Å². The fourth-order valence-corrected chi connectivity index (χ4v) is 3.12. The molecule has 0 spiro atoms. The molecule has 5 nitrogen and oxygen atoms in total. The van der Waals surface area contributed by atoms with Gasteiger partial charge in [0.1, 0.15) is 5.82 Å². The van der Waals surface area contributed by atoms with Gasteiger partial charge in [0.05, 0.1) is 0 Å². The topological polar surface area (TPSA) is 44.3 Å². The van der Waals surface area contributed by atoms with Crippen LogP contribution < -0.4 is 10.2 Å². The summed E-state index contributed by atoms with van der Waals surface area (Å²) in [6.07, 6.45) is 5.68. The number of likely N-dealkylation sites (tertiary alicyclic amines) is 1. The van der Waals surface area contributed by atoms with E-state index in [9.17, 15) is 0 Å². The minimum atomic E-state index is 0.633. The predicted octanol–water partition coefficient (Wildman–Crippen LogP) is 3.23. The van der Waals surface area contributed by atoms with E-state index in [0.717, 1.165) is 23.5 Å². The van der Waals surface area contributed by atoms with Crippen LogP contribution in [0.1, 0.15) is 24.0 Å². The van der Waals surface area contributed by atoms with Crippen LogP contribution in [0.4, 0.5) is 17.5 Å². The van der Waals surface area contributed by atoms with Gasteiger partial charge in [0.15, 0.2) is 0 Å². The van der Waals surface area contributed by atoms with Gasteiger partial charge in [-0.3, -0.25) is 0 Å². The van der Waals surface area contributed by atoms with Crippen molar-refractivity contribution in [3.8, 4) is 0 Å². The second-order valence-electron chi connectivity index (χ2n) is 6.72. The molecule has 1 aliphatic heterocycles. The summed E-state index contributed by atoms with van der Waals surface area (Å²) in [5.74, 6) is 1.57. The minimum absolute atomic E-state index is 0.633. The molecular weight excluding hydrogens is 298 g/mol. The fourth-order valence-electron chi connectivity index (χ4n) is 3.12. The van der Waals surface area contributed by atoms with Gasteiger partial charge in [-0.25, -0.2) is 4.98 Å². The maximum absolute atomic E-state index is 4.58. The summed E-state index contributed by atoms with van der Waals surface area (Å²) in [6.45, 7) is 5.71. The zero-order chi connectivity index (χ0) is 16.9. The van der Waals surface area contributed by atoms with E-state index in [2.05, 4.69) is 44.5 Å². The normalized spacial score (nSPS) is 14.8. The standard InChI is InChI=1S/C19H27N5/c1-15-14-20-19(22-18(15)23(2)3)21-17-8-6-16(7-9-17)10-13-24-11-4-5-12-24/h6-9,14H,4-5,10-13H2,1-3H3,(H,20,21,22). The molecule has 1 aliphatic rings. The van der Waals surface area contributed by atoms with Gasteiger partial charge >= 0.3 is 0 Å². The molecule has 2 heterocycles. The van der Waals surface area contributed by atoms with Crippen LogP contribution in [0.2, 0.25) is 0 Å². The third kappa shape index (κ3) is 4.23. The Bertz CT molecular complexity index is 660. The summed E-state index contributed by atoms with van der Waals surface area (Å²) in [6, 6.07) is 8.61. The maximum atomic E-state index is 4.58. The summed E-state index contributed by atoms with van der Waals surface area (Å²) in [5.41, 5.74) is 3.47. The Morgan fingerprint density at radius 3 is 2.50 bits per heavy atom. The van der Waals surface area contributed by atoms with Crippen LogP contribution >= 0.6 is 0 Å². The minimum Gasteiger partial charge on any atom is -0.362 e. The maximum Gasteiger partial charge on any atom is 0.229 e. The number of anilines is 3. The van der Waals surface area contributed by atoms with E-state index < -0.39 is 0 Å². The molecule has 1 aromatic heterocycles. The van der Waals surface area contributed by atoms with E-state index in [1.165, 1.54) is 38.0 Å². The summed E-state index contributed by atoms with van der Waals surface area (Å²) in [7, 11) is 3.99. The van der Waals surface area contributed by atoms with Gasteiger partial charge in [-0.1, -0.05) is 12.1 Å². The Morgan fingerprint density at radius 1 is 1.12 bits per heavy atom. The van der Waals surface area contributed by atoms with Gasteiger partial charge in [-0.15, -0.1) is 0 Å². The number of aromatic nitrogens is 2. The van der Waals surface area contributed by atoms with Crippen LogP contribution in [0.5, 0.6) is 0 Å². The van der Waals surface area contributed by atoms with E-state index in [-0.39, 0.29) is 0 Å². The largest absolute Gasteiger partial charge is 0.362 e. The number of benzene rings is 1. The number of hydrogen-bond acceptors (Lipinski definition) is 5.